The van der Waals surface area contributed by atoms with E-state index in [2.05, 4.69) is 13.2 Å². The summed E-state index contributed by atoms with van der Waals surface area (Å²) in [5, 5.41) is 0.988. The second-order valence-electron chi connectivity index (χ2n) is 4.27. The molecule has 0 bridgehead atoms. The van der Waals surface area contributed by atoms with E-state index in [9.17, 15) is 9.59 Å². The molecular weight excluding hydrogens is 254 g/mol. The van der Waals surface area contributed by atoms with Crippen LogP contribution in [0.1, 0.15) is 10.4 Å². The van der Waals surface area contributed by atoms with Crippen LogP contribution >= 0.6 is 0 Å². The Morgan fingerprint density at radius 2 is 1.75 bits per heavy atom. The van der Waals surface area contributed by atoms with E-state index in [1.54, 1.807) is 41.3 Å². The summed E-state index contributed by atoms with van der Waals surface area (Å²) < 4.78 is 4.94. The van der Waals surface area contributed by atoms with Gasteiger partial charge in [0.25, 0.3) is 5.91 Å². The van der Waals surface area contributed by atoms with Crippen LogP contribution < -0.4 is 5.63 Å². The van der Waals surface area contributed by atoms with Crippen LogP contribution in [0.5, 0.6) is 0 Å². The fourth-order valence-electron chi connectivity index (χ4n) is 2.02. The molecule has 102 valence electrons. The maximum atomic E-state index is 12.5. The minimum atomic E-state index is -0.448. The van der Waals surface area contributed by atoms with Crippen LogP contribution in [0.25, 0.3) is 10.8 Å². The predicted octanol–water partition coefficient (Wildman–Crippen LogP) is 2.61. The summed E-state index contributed by atoms with van der Waals surface area (Å²) in [6, 6.07) is 6.89. The maximum absolute atomic E-state index is 12.5. The van der Waals surface area contributed by atoms with E-state index in [0.717, 1.165) is 0 Å². The number of nitrogens with zero attached hydrogens (tertiary/aromatic N) is 1. The highest BCUT2D eigenvalue weighted by Gasteiger charge is 2.18. The Labute approximate surface area is 116 Å². The molecule has 2 aromatic rings. The highest BCUT2D eigenvalue weighted by molar-refractivity contribution is 6.06. The third-order valence-corrected chi connectivity index (χ3v) is 2.94. The summed E-state index contributed by atoms with van der Waals surface area (Å²) in [4.78, 5) is 25.7. The maximum Gasteiger partial charge on any atom is 0.343 e. The molecule has 0 aliphatic heterocycles. The lowest BCUT2D eigenvalue weighted by Gasteiger charge is -2.19. The number of hydrogen-bond acceptors (Lipinski definition) is 3. The summed E-state index contributed by atoms with van der Waals surface area (Å²) in [7, 11) is 0. The normalized spacial score (nSPS) is 10.2. The minimum Gasteiger partial charge on any atom is -0.430 e. The van der Waals surface area contributed by atoms with Crippen LogP contribution in [0.3, 0.4) is 0 Å². The molecule has 0 radical (unpaired) electrons. The van der Waals surface area contributed by atoms with Gasteiger partial charge in [-0.05, 0) is 6.07 Å². The largest absolute Gasteiger partial charge is 0.430 e. The van der Waals surface area contributed by atoms with Crippen molar-refractivity contribution in [3.05, 3.63) is 71.8 Å². The Bertz CT molecular complexity index is 705. The number of rotatable bonds is 5. The Morgan fingerprint density at radius 3 is 2.35 bits per heavy atom. The Balaban J connectivity index is 2.54. The molecule has 0 saturated carbocycles. The molecule has 0 aliphatic carbocycles. The van der Waals surface area contributed by atoms with Gasteiger partial charge in [0.15, 0.2) is 0 Å². The van der Waals surface area contributed by atoms with Crippen LogP contribution in [-0.2, 0) is 0 Å². The molecule has 1 amide bonds. The third kappa shape index (κ3) is 2.54. The number of amides is 1. The van der Waals surface area contributed by atoms with Crippen LogP contribution in [0.15, 0.2) is 65.1 Å². The number of fused-ring (bicyclic) bond motifs is 1. The van der Waals surface area contributed by atoms with Gasteiger partial charge in [0.2, 0.25) is 0 Å². The highest BCUT2D eigenvalue weighted by Crippen LogP contribution is 2.17. The van der Waals surface area contributed by atoms with E-state index in [-0.39, 0.29) is 5.91 Å². The first-order chi connectivity index (χ1) is 9.69. The molecule has 0 N–H and O–H groups in total. The molecule has 1 aromatic carbocycles. The molecule has 0 fully saturated rings. The summed E-state index contributed by atoms with van der Waals surface area (Å²) in [5.74, 6) is -0.218. The number of carbonyl (C=O) groups is 1. The molecule has 0 atom stereocenters. The predicted molar refractivity (Wildman–Crippen MR) is 78.8 cm³/mol. The van der Waals surface area contributed by atoms with Gasteiger partial charge in [-0.2, -0.15) is 0 Å². The van der Waals surface area contributed by atoms with Crippen LogP contribution in [0.4, 0.5) is 0 Å². The zero-order valence-electron chi connectivity index (χ0n) is 11.0. The van der Waals surface area contributed by atoms with Crippen LogP contribution in [-0.4, -0.2) is 23.9 Å². The first-order valence-corrected chi connectivity index (χ1v) is 6.20. The molecule has 0 aliphatic rings. The van der Waals surface area contributed by atoms with Crippen molar-refractivity contribution >= 4 is 16.7 Å². The first kappa shape index (κ1) is 13.8. The van der Waals surface area contributed by atoms with Gasteiger partial charge in [-0.15, -0.1) is 13.2 Å². The second kappa shape index (κ2) is 6.02. The van der Waals surface area contributed by atoms with Gasteiger partial charge in [0, 0.05) is 18.5 Å². The highest BCUT2D eigenvalue weighted by atomic mass is 16.4. The van der Waals surface area contributed by atoms with E-state index < -0.39 is 5.63 Å². The van der Waals surface area contributed by atoms with E-state index in [0.29, 0.717) is 29.4 Å². The van der Waals surface area contributed by atoms with Gasteiger partial charge in [-0.1, -0.05) is 30.4 Å². The van der Waals surface area contributed by atoms with E-state index in [1.165, 1.54) is 6.26 Å². The molecule has 1 heterocycles. The van der Waals surface area contributed by atoms with Gasteiger partial charge in [-0.25, -0.2) is 4.79 Å². The average Bonchev–Trinajstić information content (AvgIpc) is 2.47. The van der Waals surface area contributed by atoms with Gasteiger partial charge >= 0.3 is 5.63 Å². The van der Waals surface area contributed by atoms with Gasteiger partial charge < -0.3 is 9.32 Å². The lowest BCUT2D eigenvalue weighted by atomic mass is 10.1. The van der Waals surface area contributed by atoms with Crippen molar-refractivity contribution in [1.82, 2.24) is 4.90 Å². The molecule has 1 aromatic heterocycles. The smallest absolute Gasteiger partial charge is 0.343 e. The van der Waals surface area contributed by atoms with Gasteiger partial charge in [-0.3, -0.25) is 4.79 Å². The summed E-state index contributed by atoms with van der Waals surface area (Å²) >= 11 is 0. The van der Waals surface area contributed by atoms with Crippen molar-refractivity contribution in [2.24, 2.45) is 0 Å². The van der Waals surface area contributed by atoms with Crippen molar-refractivity contribution in [3.8, 4) is 0 Å². The molecule has 0 spiro atoms. The monoisotopic (exact) mass is 269 g/mol. The van der Waals surface area contributed by atoms with Crippen molar-refractivity contribution < 1.29 is 9.21 Å². The van der Waals surface area contributed by atoms with E-state index in [1.807, 2.05) is 0 Å². The fraction of sp³-hybridized carbons (Fsp3) is 0.125. The second-order valence-corrected chi connectivity index (χ2v) is 4.27. The first-order valence-electron chi connectivity index (χ1n) is 6.20. The minimum absolute atomic E-state index is 0.218. The van der Waals surface area contributed by atoms with Crippen molar-refractivity contribution in [2.45, 2.75) is 0 Å². The van der Waals surface area contributed by atoms with Crippen molar-refractivity contribution in [1.29, 1.82) is 0 Å². The van der Waals surface area contributed by atoms with E-state index >= 15 is 0 Å². The zero-order chi connectivity index (χ0) is 14.5. The lowest BCUT2D eigenvalue weighted by Crippen LogP contribution is -2.31. The van der Waals surface area contributed by atoms with Crippen molar-refractivity contribution in [2.75, 3.05) is 13.1 Å². The SMILES string of the molecule is C=CCN(CC=C)C(=O)c1coc(=O)c2ccccc12. The topological polar surface area (TPSA) is 50.5 Å². The number of benzene rings is 1. The van der Waals surface area contributed by atoms with Gasteiger partial charge in [0.1, 0.15) is 6.26 Å². The van der Waals surface area contributed by atoms with Crippen molar-refractivity contribution in [3.63, 3.8) is 0 Å². The molecule has 4 heteroatoms. The third-order valence-electron chi connectivity index (χ3n) is 2.94. The Morgan fingerprint density at radius 1 is 1.15 bits per heavy atom. The fourth-order valence-corrected chi connectivity index (χ4v) is 2.02. The standard InChI is InChI=1S/C16H15NO3/c1-3-9-17(10-4-2)15(18)14-11-20-16(19)13-8-6-5-7-12(13)14/h3-8,11H,1-2,9-10H2. The molecular formula is C16H15NO3. The van der Waals surface area contributed by atoms with E-state index in [4.69, 9.17) is 4.42 Å². The quantitative estimate of drug-likeness (QED) is 0.784. The molecule has 2 rings (SSSR count). The van der Waals surface area contributed by atoms with Crippen LogP contribution in [0, 0.1) is 0 Å². The Hall–Kier alpha value is -2.62. The lowest BCUT2D eigenvalue weighted by molar-refractivity contribution is 0.0790. The average molecular weight is 269 g/mol. The zero-order valence-corrected chi connectivity index (χ0v) is 11.0. The molecule has 20 heavy (non-hydrogen) atoms. The summed E-state index contributed by atoms with van der Waals surface area (Å²) in [6.07, 6.45) is 4.50. The van der Waals surface area contributed by atoms with Crippen LogP contribution in [0.2, 0.25) is 0 Å². The number of carbonyl (C=O) groups excluding carboxylic acids is 1. The molecule has 0 saturated heterocycles. The van der Waals surface area contributed by atoms with Gasteiger partial charge in [0.05, 0.1) is 10.9 Å². The number of hydrogen-bond donors (Lipinski definition) is 0. The Kier molecular flexibility index (Phi) is 4.15. The molecule has 0 unspecified atom stereocenters. The molecule has 4 nitrogen and oxygen atoms in total. The summed E-state index contributed by atoms with van der Waals surface area (Å²) in [5.41, 5.74) is -0.0833. The summed E-state index contributed by atoms with van der Waals surface area (Å²) in [6.45, 7) is 8.07.